The lowest BCUT2D eigenvalue weighted by atomic mass is 9.99. The summed E-state index contributed by atoms with van der Waals surface area (Å²) in [7, 11) is 1.68. The summed E-state index contributed by atoms with van der Waals surface area (Å²) in [5.74, 6) is 6.62. The van der Waals surface area contributed by atoms with Crippen molar-refractivity contribution < 1.29 is 4.74 Å². The lowest BCUT2D eigenvalue weighted by molar-refractivity contribution is 0.405. The van der Waals surface area contributed by atoms with E-state index in [1.165, 1.54) is 9.13 Å². The molecule has 1 atom stereocenters. The molecule has 0 amide bonds. The third kappa shape index (κ3) is 3.72. The Morgan fingerprint density at radius 2 is 2.05 bits per heavy atom. The lowest BCUT2D eigenvalue weighted by Gasteiger charge is -2.19. The van der Waals surface area contributed by atoms with E-state index in [0.717, 1.165) is 22.2 Å². The zero-order valence-electron chi connectivity index (χ0n) is 11.1. The van der Waals surface area contributed by atoms with Crippen LogP contribution >= 0.6 is 38.5 Å². The van der Waals surface area contributed by atoms with Crippen LogP contribution in [0.5, 0.6) is 5.75 Å². The summed E-state index contributed by atoms with van der Waals surface area (Å²) in [6.07, 6.45) is 0.763. The SMILES string of the molecule is COc1ccc(Br)cc1CC(NN)c1ccccc1I. The van der Waals surface area contributed by atoms with Gasteiger partial charge in [0.05, 0.1) is 13.2 Å². The first-order valence-corrected chi connectivity index (χ1v) is 8.06. The Labute approximate surface area is 141 Å². The predicted octanol–water partition coefficient (Wildman–Crippen LogP) is 3.81. The summed E-state index contributed by atoms with van der Waals surface area (Å²) in [4.78, 5) is 0. The van der Waals surface area contributed by atoms with E-state index in [2.05, 4.69) is 62.1 Å². The van der Waals surface area contributed by atoms with Crippen LogP contribution < -0.4 is 16.0 Å². The Morgan fingerprint density at radius 3 is 2.70 bits per heavy atom. The second kappa shape index (κ2) is 7.40. The smallest absolute Gasteiger partial charge is 0.122 e. The highest BCUT2D eigenvalue weighted by Gasteiger charge is 2.16. The minimum absolute atomic E-state index is 0.0475. The summed E-state index contributed by atoms with van der Waals surface area (Å²) < 4.78 is 7.65. The van der Waals surface area contributed by atoms with E-state index in [0.29, 0.717) is 0 Å². The third-order valence-corrected chi connectivity index (χ3v) is 4.62. The van der Waals surface area contributed by atoms with Gasteiger partial charge in [-0.2, -0.15) is 0 Å². The van der Waals surface area contributed by atoms with Gasteiger partial charge in [-0.05, 0) is 64.4 Å². The molecule has 2 aromatic rings. The van der Waals surface area contributed by atoms with Gasteiger partial charge in [-0.15, -0.1) is 0 Å². The van der Waals surface area contributed by atoms with Crippen molar-refractivity contribution in [1.29, 1.82) is 0 Å². The third-order valence-electron chi connectivity index (χ3n) is 3.15. The van der Waals surface area contributed by atoms with Gasteiger partial charge >= 0.3 is 0 Å². The number of hydrogen-bond acceptors (Lipinski definition) is 3. The Kier molecular flexibility index (Phi) is 5.83. The average molecular weight is 447 g/mol. The second-order valence-corrected chi connectivity index (χ2v) is 6.48. The number of nitrogens with one attached hydrogen (secondary N) is 1. The summed E-state index contributed by atoms with van der Waals surface area (Å²) in [6, 6.07) is 14.3. The van der Waals surface area contributed by atoms with E-state index in [-0.39, 0.29) is 6.04 Å². The minimum atomic E-state index is 0.0475. The fourth-order valence-electron chi connectivity index (χ4n) is 2.14. The Bertz CT molecular complexity index is 592. The molecule has 1 unspecified atom stereocenters. The highest BCUT2D eigenvalue weighted by Crippen LogP contribution is 2.29. The van der Waals surface area contributed by atoms with Crippen LogP contribution in [0.4, 0.5) is 0 Å². The Balaban J connectivity index is 2.31. The maximum absolute atomic E-state index is 5.75. The van der Waals surface area contributed by atoms with Gasteiger partial charge in [0.15, 0.2) is 0 Å². The topological polar surface area (TPSA) is 47.3 Å². The van der Waals surface area contributed by atoms with Gasteiger partial charge in [-0.3, -0.25) is 11.3 Å². The molecule has 0 saturated heterocycles. The number of benzene rings is 2. The minimum Gasteiger partial charge on any atom is -0.496 e. The first-order chi connectivity index (χ1) is 9.65. The zero-order chi connectivity index (χ0) is 14.5. The van der Waals surface area contributed by atoms with Crippen molar-refractivity contribution in [3.05, 3.63) is 61.6 Å². The van der Waals surface area contributed by atoms with Gasteiger partial charge < -0.3 is 4.74 Å². The predicted molar refractivity (Wildman–Crippen MR) is 93.6 cm³/mol. The first-order valence-electron chi connectivity index (χ1n) is 6.18. The molecule has 0 saturated carbocycles. The fourth-order valence-corrected chi connectivity index (χ4v) is 3.31. The van der Waals surface area contributed by atoms with Crippen LogP contribution in [-0.2, 0) is 6.42 Å². The van der Waals surface area contributed by atoms with Crippen molar-refractivity contribution in [3.8, 4) is 5.75 Å². The molecule has 0 fully saturated rings. The number of hydrogen-bond donors (Lipinski definition) is 2. The van der Waals surface area contributed by atoms with Crippen molar-refractivity contribution in [2.75, 3.05) is 7.11 Å². The highest BCUT2D eigenvalue weighted by molar-refractivity contribution is 14.1. The summed E-state index contributed by atoms with van der Waals surface area (Å²) in [5, 5.41) is 0. The molecule has 2 rings (SSSR count). The molecule has 0 radical (unpaired) electrons. The van der Waals surface area contributed by atoms with Crippen LogP contribution in [0.15, 0.2) is 46.9 Å². The molecule has 106 valence electrons. The van der Waals surface area contributed by atoms with Crippen LogP contribution in [-0.4, -0.2) is 7.11 Å². The van der Waals surface area contributed by atoms with Crippen LogP contribution in [0.2, 0.25) is 0 Å². The normalized spacial score (nSPS) is 12.2. The van der Waals surface area contributed by atoms with E-state index >= 15 is 0 Å². The molecule has 2 aromatic carbocycles. The van der Waals surface area contributed by atoms with Crippen molar-refractivity contribution in [2.45, 2.75) is 12.5 Å². The fraction of sp³-hybridized carbons (Fsp3) is 0.200. The van der Waals surface area contributed by atoms with Crippen LogP contribution in [0.25, 0.3) is 0 Å². The standard InChI is InChI=1S/C15H16BrIN2O/c1-20-15-7-6-11(16)8-10(15)9-14(19-18)12-4-2-3-5-13(12)17/h2-8,14,19H,9,18H2,1H3. The number of ether oxygens (including phenoxy) is 1. The van der Waals surface area contributed by atoms with E-state index in [9.17, 15) is 0 Å². The van der Waals surface area contributed by atoms with Crippen LogP contribution in [0.1, 0.15) is 17.2 Å². The first kappa shape index (κ1) is 15.8. The Morgan fingerprint density at radius 1 is 1.30 bits per heavy atom. The largest absolute Gasteiger partial charge is 0.496 e. The molecule has 0 aliphatic carbocycles. The summed E-state index contributed by atoms with van der Waals surface area (Å²) >= 11 is 5.83. The molecule has 0 aliphatic heterocycles. The summed E-state index contributed by atoms with van der Waals surface area (Å²) in [5.41, 5.74) is 5.21. The monoisotopic (exact) mass is 446 g/mol. The van der Waals surface area contributed by atoms with Crippen molar-refractivity contribution in [1.82, 2.24) is 5.43 Å². The van der Waals surface area contributed by atoms with E-state index in [1.807, 2.05) is 24.3 Å². The van der Waals surface area contributed by atoms with E-state index < -0.39 is 0 Å². The van der Waals surface area contributed by atoms with E-state index in [4.69, 9.17) is 10.6 Å². The number of methoxy groups -OCH3 is 1. The second-order valence-electron chi connectivity index (χ2n) is 4.40. The van der Waals surface area contributed by atoms with Gasteiger partial charge in [0.1, 0.15) is 5.75 Å². The van der Waals surface area contributed by atoms with Crippen molar-refractivity contribution in [3.63, 3.8) is 0 Å². The highest BCUT2D eigenvalue weighted by atomic mass is 127. The molecule has 5 heteroatoms. The van der Waals surface area contributed by atoms with Gasteiger partial charge in [0.2, 0.25) is 0 Å². The molecule has 0 spiro atoms. The average Bonchev–Trinajstić information content (AvgIpc) is 2.46. The van der Waals surface area contributed by atoms with Gasteiger partial charge in [0.25, 0.3) is 0 Å². The number of halogens is 2. The number of rotatable bonds is 5. The van der Waals surface area contributed by atoms with Gasteiger partial charge in [-0.1, -0.05) is 34.1 Å². The molecule has 0 bridgehead atoms. The Hall–Kier alpha value is -0.630. The van der Waals surface area contributed by atoms with Crippen molar-refractivity contribution >= 4 is 38.5 Å². The zero-order valence-corrected chi connectivity index (χ0v) is 14.8. The molecular formula is C15H16BrIN2O. The molecule has 0 aromatic heterocycles. The number of hydrazine groups is 1. The maximum atomic E-state index is 5.75. The molecule has 0 aliphatic rings. The quantitative estimate of drug-likeness (QED) is 0.417. The summed E-state index contributed by atoms with van der Waals surface area (Å²) in [6.45, 7) is 0. The van der Waals surface area contributed by atoms with Crippen LogP contribution in [0.3, 0.4) is 0 Å². The van der Waals surface area contributed by atoms with E-state index in [1.54, 1.807) is 7.11 Å². The molecule has 20 heavy (non-hydrogen) atoms. The van der Waals surface area contributed by atoms with Gasteiger partial charge in [0, 0.05) is 8.04 Å². The number of nitrogens with two attached hydrogens (primary N) is 1. The molecule has 0 heterocycles. The maximum Gasteiger partial charge on any atom is 0.122 e. The van der Waals surface area contributed by atoms with Crippen molar-refractivity contribution in [2.24, 2.45) is 5.84 Å². The van der Waals surface area contributed by atoms with Crippen LogP contribution in [0, 0.1) is 3.57 Å². The van der Waals surface area contributed by atoms with Gasteiger partial charge in [-0.25, -0.2) is 0 Å². The lowest BCUT2D eigenvalue weighted by Crippen LogP contribution is -2.30. The molecule has 3 N–H and O–H groups in total. The molecular weight excluding hydrogens is 431 g/mol. The molecule has 3 nitrogen and oxygen atoms in total.